The minimum atomic E-state index is 0.0228. The van der Waals surface area contributed by atoms with E-state index < -0.39 is 0 Å². The van der Waals surface area contributed by atoms with E-state index in [2.05, 4.69) is 30.2 Å². The molecule has 2 bridgehead atoms. The maximum atomic E-state index is 6.49. The Balaban J connectivity index is 1.68. The Bertz CT molecular complexity index is 787. The highest BCUT2D eigenvalue weighted by molar-refractivity contribution is 5.69. The van der Waals surface area contributed by atoms with Gasteiger partial charge in [-0.05, 0) is 43.5 Å². The summed E-state index contributed by atoms with van der Waals surface area (Å²) >= 11 is 0. The van der Waals surface area contributed by atoms with Crippen LogP contribution in [0.2, 0.25) is 0 Å². The van der Waals surface area contributed by atoms with Crippen molar-refractivity contribution in [2.75, 3.05) is 27.8 Å². The maximum absolute atomic E-state index is 6.49. The number of ether oxygens (including phenoxy) is 3. The first-order valence-electron chi connectivity index (χ1n) is 8.50. The number of benzene rings is 1. The zero-order valence-corrected chi connectivity index (χ0v) is 13.8. The van der Waals surface area contributed by atoms with Crippen molar-refractivity contribution in [1.82, 2.24) is 4.90 Å². The van der Waals surface area contributed by atoms with Crippen molar-refractivity contribution in [3.8, 4) is 11.5 Å². The van der Waals surface area contributed by atoms with Gasteiger partial charge in [-0.3, -0.25) is 0 Å². The SMILES string of the molecule is COC1=CCC2C3N(C)CC34CC23c2c4ccc(OC)c2OC13. The first-order chi connectivity index (χ1) is 11.2. The molecule has 0 N–H and O–H groups in total. The van der Waals surface area contributed by atoms with Gasteiger partial charge in [0.15, 0.2) is 17.6 Å². The van der Waals surface area contributed by atoms with Crippen molar-refractivity contribution in [3.05, 3.63) is 35.1 Å². The lowest BCUT2D eigenvalue weighted by molar-refractivity contribution is -0.00708. The second-order valence-corrected chi connectivity index (χ2v) is 7.90. The minimum Gasteiger partial charge on any atom is -0.497 e. The summed E-state index contributed by atoms with van der Waals surface area (Å²) in [6.45, 7) is 1.17. The summed E-state index contributed by atoms with van der Waals surface area (Å²) in [5, 5.41) is 0. The molecule has 4 heteroatoms. The molecule has 1 aromatic rings. The summed E-state index contributed by atoms with van der Waals surface area (Å²) in [6.07, 6.45) is 4.59. The fourth-order valence-corrected chi connectivity index (χ4v) is 6.90. The minimum absolute atomic E-state index is 0.0228. The van der Waals surface area contributed by atoms with Crippen LogP contribution in [0, 0.1) is 5.92 Å². The van der Waals surface area contributed by atoms with Gasteiger partial charge < -0.3 is 19.1 Å². The standard InChI is InChI=1S/C19H21NO3/c1-20-9-18-8-19-11(16(18)20)5-7-13(22-3)17(19)23-15-12(21-2)6-4-10(18)14(15)19/h4,6-7,11,16-17H,5,8-9H2,1-3H3. The third-order valence-corrected chi connectivity index (χ3v) is 7.34. The maximum Gasteiger partial charge on any atom is 0.166 e. The Morgan fingerprint density at radius 2 is 2.13 bits per heavy atom. The van der Waals surface area contributed by atoms with Gasteiger partial charge in [0.25, 0.3) is 0 Å². The Kier molecular flexibility index (Phi) is 1.95. The summed E-state index contributed by atoms with van der Waals surface area (Å²) in [4.78, 5) is 2.55. The lowest BCUT2D eigenvalue weighted by Crippen LogP contribution is -2.66. The van der Waals surface area contributed by atoms with E-state index in [9.17, 15) is 0 Å². The number of nitrogens with zero attached hydrogens (tertiary/aromatic N) is 1. The van der Waals surface area contributed by atoms with Crippen molar-refractivity contribution >= 4 is 0 Å². The molecule has 23 heavy (non-hydrogen) atoms. The van der Waals surface area contributed by atoms with Gasteiger partial charge in [0.1, 0.15) is 5.76 Å². The fourth-order valence-electron chi connectivity index (χ4n) is 6.90. The highest BCUT2D eigenvalue weighted by Gasteiger charge is 2.79. The third-order valence-electron chi connectivity index (χ3n) is 7.34. The molecule has 5 aliphatic rings. The highest BCUT2D eigenvalue weighted by Crippen LogP contribution is 2.76. The van der Waals surface area contributed by atoms with Gasteiger partial charge >= 0.3 is 0 Å². The molecular formula is C19H21NO3. The lowest BCUT2D eigenvalue weighted by Gasteiger charge is -2.57. The van der Waals surface area contributed by atoms with Crippen LogP contribution in [0.4, 0.5) is 0 Å². The quantitative estimate of drug-likeness (QED) is 0.838. The number of methoxy groups -OCH3 is 2. The first-order valence-corrected chi connectivity index (χ1v) is 8.50. The van der Waals surface area contributed by atoms with Crippen LogP contribution in [0.3, 0.4) is 0 Å². The van der Waals surface area contributed by atoms with Gasteiger partial charge in [0.2, 0.25) is 0 Å². The topological polar surface area (TPSA) is 30.9 Å². The Hall–Kier alpha value is -1.68. The zero-order valence-electron chi connectivity index (χ0n) is 13.8. The van der Waals surface area contributed by atoms with E-state index in [1.165, 1.54) is 24.1 Å². The van der Waals surface area contributed by atoms with Crippen LogP contribution in [0.25, 0.3) is 0 Å². The second-order valence-electron chi connectivity index (χ2n) is 7.90. The summed E-state index contributed by atoms with van der Waals surface area (Å²) in [5.74, 6) is 3.49. The van der Waals surface area contributed by atoms with Crippen molar-refractivity contribution < 1.29 is 14.2 Å². The van der Waals surface area contributed by atoms with E-state index in [0.717, 1.165) is 23.7 Å². The molecule has 2 heterocycles. The van der Waals surface area contributed by atoms with E-state index in [0.29, 0.717) is 17.4 Å². The molecule has 0 amide bonds. The smallest absolute Gasteiger partial charge is 0.166 e. The Morgan fingerprint density at radius 3 is 2.87 bits per heavy atom. The molecule has 5 unspecified atom stereocenters. The van der Waals surface area contributed by atoms with Crippen LogP contribution in [0.5, 0.6) is 11.5 Å². The average molecular weight is 311 g/mol. The van der Waals surface area contributed by atoms with E-state index in [4.69, 9.17) is 14.2 Å². The number of allylic oxidation sites excluding steroid dienone is 1. The van der Waals surface area contributed by atoms with Crippen LogP contribution < -0.4 is 9.47 Å². The van der Waals surface area contributed by atoms with Gasteiger partial charge in [-0.2, -0.15) is 0 Å². The number of likely N-dealkylation sites (N-methyl/N-ethyl adjacent to an activating group) is 1. The molecule has 0 aromatic heterocycles. The van der Waals surface area contributed by atoms with Crippen molar-refractivity contribution in [3.63, 3.8) is 0 Å². The van der Waals surface area contributed by atoms with Gasteiger partial charge in [-0.1, -0.05) is 6.07 Å². The lowest BCUT2D eigenvalue weighted by atomic mass is 9.59. The van der Waals surface area contributed by atoms with Crippen molar-refractivity contribution in [2.24, 2.45) is 5.92 Å². The van der Waals surface area contributed by atoms with Crippen LogP contribution in [0.1, 0.15) is 24.0 Å². The number of rotatable bonds is 2. The predicted molar refractivity (Wildman–Crippen MR) is 85.0 cm³/mol. The second kappa shape index (κ2) is 3.54. The van der Waals surface area contributed by atoms with Crippen molar-refractivity contribution in [1.29, 1.82) is 0 Å². The number of likely N-dealkylation sites (tertiary alicyclic amines) is 1. The van der Waals surface area contributed by atoms with Gasteiger partial charge in [0, 0.05) is 29.0 Å². The molecule has 1 aromatic carbocycles. The number of hydrogen-bond donors (Lipinski definition) is 0. The molecule has 2 spiro atoms. The van der Waals surface area contributed by atoms with E-state index in [-0.39, 0.29) is 11.5 Å². The van der Waals surface area contributed by atoms with Gasteiger partial charge in [-0.25, -0.2) is 0 Å². The van der Waals surface area contributed by atoms with E-state index in [1.807, 2.05) is 0 Å². The highest BCUT2D eigenvalue weighted by atomic mass is 16.6. The molecule has 0 radical (unpaired) electrons. The molecule has 120 valence electrons. The molecule has 1 saturated carbocycles. The van der Waals surface area contributed by atoms with Crippen LogP contribution >= 0.6 is 0 Å². The van der Waals surface area contributed by atoms with Crippen LogP contribution in [-0.2, 0) is 15.6 Å². The zero-order chi connectivity index (χ0) is 15.6. The van der Waals surface area contributed by atoms with Gasteiger partial charge in [0.05, 0.1) is 14.2 Å². The largest absolute Gasteiger partial charge is 0.497 e. The summed E-state index contributed by atoms with van der Waals surface area (Å²) in [6, 6.07) is 5.05. The summed E-state index contributed by atoms with van der Waals surface area (Å²) < 4.78 is 17.8. The van der Waals surface area contributed by atoms with E-state index >= 15 is 0 Å². The number of hydrogen-bond acceptors (Lipinski definition) is 4. The van der Waals surface area contributed by atoms with E-state index in [1.54, 1.807) is 14.2 Å². The summed E-state index contributed by atoms with van der Waals surface area (Å²) in [5.41, 5.74) is 3.38. The molecule has 2 fully saturated rings. The fraction of sp³-hybridized carbons (Fsp3) is 0.579. The van der Waals surface area contributed by atoms with Crippen LogP contribution in [-0.4, -0.2) is 44.9 Å². The molecule has 6 rings (SSSR count). The van der Waals surface area contributed by atoms with Crippen molar-refractivity contribution in [2.45, 2.75) is 35.8 Å². The summed E-state index contributed by atoms with van der Waals surface area (Å²) in [7, 11) is 5.78. The molecule has 1 saturated heterocycles. The Morgan fingerprint density at radius 1 is 1.26 bits per heavy atom. The normalized spacial score (nSPS) is 44.1. The third kappa shape index (κ3) is 1.03. The predicted octanol–water partition coefficient (Wildman–Crippen LogP) is 2.21. The Labute approximate surface area is 136 Å². The average Bonchev–Trinajstić information content (AvgIpc) is 3.12. The first kappa shape index (κ1) is 12.7. The van der Waals surface area contributed by atoms with Crippen LogP contribution in [0.15, 0.2) is 24.0 Å². The molecule has 3 aliphatic carbocycles. The van der Waals surface area contributed by atoms with Gasteiger partial charge in [-0.15, -0.1) is 0 Å². The monoisotopic (exact) mass is 311 g/mol. The number of fused-ring (bicyclic) bond motifs is 1. The molecule has 2 aliphatic heterocycles. The molecule has 4 nitrogen and oxygen atoms in total. The molecular weight excluding hydrogens is 290 g/mol. The molecule has 5 atom stereocenters.